The molecule has 2 aromatic rings. The van der Waals surface area contributed by atoms with Crippen LogP contribution in [0.1, 0.15) is 42.5 Å². The fourth-order valence-electron chi connectivity index (χ4n) is 4.70. The Kier molecular flexibility index (Phi) is 4.31. The van der Waals surface area contributed by atoms with Crippen LogP contribution in [0.5, 0.6) is 5.75 Å². The zero-order chi connectivity index (χ0) is 18.4. The molecule has 0 N–H and O–H groups in total. The molecule has 1 amide bonds. The van der Waals surface area contributed by atoms with Crippen molar-refractivity contribution >= 4 is 17.5 Å². The number of aryl methyl sites for hydroxylation is 1. The zero-order valence-electron chi connectivity index (χ0n) is 15.3. The summed E-state index contributed by atoms with van der Waals surface area (Å²) in [5.41, 5.74) is 5.68. The summed E-state index contributed by atoms with van der Waals surface area (Å²) in [6.07, 6.45) is 8.64. The summed E-state index contributed by atoms with van der Waals surface area (Å²) in [6, 6.07) is 5.98. The second kappa shape index (κ2) is 6.83. The van der Waals surface area contributed by atoms with Crippen LogP contribution in [0, 0.1) is 0 Å². The number of carbonyl (C=O) groups is 1. The van der Waals surface area contributed by atoms with Crippen molar-refractivity contribution < 1.29 is 9.53 Å². The standard InChI is InChI=1S/C22H23ClN2O2/c23-15-11-14-12-20(22(26)25-9-2-1-3-10-25)27-21(14)18(13-15)16-7-8-24-19-6-4-5-17(16)19/h7-8,11,13,20H,1-6,9-10,12H2. The number of amides is 1. The van der Waals surface area contributed by atoms with Gasteiger partial charge in [-0.25, -0.2) is 0 Å². The highest BCUT2D eigenvalue weighted by Gasteiger charge is 2.35. The summed E-state index contributed by atoms with van der Waals surface area (Å²) in [4.78, 5) is 19.4. The number of hydrogen-bond acceptors (Lipinski definition) is 3. The Balaban J connectivity index is 1.50. The maximum absolute atomic E-state index is 12.9. The molecular formula is C22H23ClN2O2. The van der Waals surface area contributed by atoms with Crippen LogP contribution in [0.3, 0.4) is 0 Å². The van der Waals surface area contributed by atoms with Crippen molar-refractivity contribution in [3.8, 4) is 16.9 Å². The number of ether oxygens (including phenoxy) is 1. The van der Waals surface area contributed by atoms with E-state index in [1.54, 1.807) is 0 Å². The molecule has 1 aromatic heterocycles. The Morgan fingerprint density at radius 1 is 1.11 bits per heavy atom. The minimum Gasteiger partial charge on any atom is -0.479 e. The van der Waals surface area contributed by atoms with Gasteiger partial charge in [0.15, 0.2) is 6.10 Å². The van der Waals surface area contributed by atoms with Gasteiger partial charge < -0.3 is 9.64 Å². The minimum atomic E-state index is -0.426. The third-order valence-electron chi connectivity index (χ3n) is 6.01. The quantitative estimate of drug-likeness (QED) is 0.781. The number of likely N-dealkylation sites (tertiary alicyclic amines) is 1. The van der Waals surface area contributed by atoms with Crippen molar-refractivity contribution in [3.63, 3.8) is 0 Å². The number of rotatable bonds is 2. The smallest absolute Gasteiger partial charge is 0.263 e. The van der Waals surface area contributed by atoms with Gasteiger partial charge in [0.25, 0.3) is 5.91 Å². The molecule has 1 unspecified atom stereocenters. The van der Waals surface area contributed by atoms with Gasteiger partial charge in [-0.3, -0.25) is 9.78 Å². The van der Waals surface area contributed by atoms with Crippen LogP contribution in [-0.4, -0.2) is 35.0 Å². The Morgan fingerprint density at radius 2 is 1.96 bits per heavy atom. The van der Waals surface area contributed by atoms with Crippen molar-refractivity contribution in [2.75, 3.05) is 13.1 Å². The van der Waals surface area contributed by atoms with Crippen LogP contribution in [0.4, 0.5) is 0 Å². The largest absolute Gasteiger partial charge is 0.479 e. The Bertz CT molecular complexity index is 905. The fraction of sp³-hybridized carbons (Fsp3) is 0.455. The molecule has 27 heavy (non-hydrogen) atoms. The van der Waals surface area contributed by atoms with Gasteiger partial charge in [0, 0.05) is 47.6 Å². The van der Waals surface area contributed by atoms with E-state index in [1.807, 2.05) is 23.2 Å². The summed E-state index contributed by atoms with van der Waals surface area (Å²) in [7, 11) is 0. The number of pyridine rings is 1. The summed E-state index contributed by atoms with van der Waals surface area (Å²) >= 11 is 6.44. The van der Waals surface area contributed by atoms with E-state index in [0.717, 1.165) is 67.6 Å². The Morgan fingerprint density at radius 3 is 2.81 bits per heavy atom. The summed E-state index contributed by atoms with van der Waals surface area (Å²) in [5, 5.41) is 0.696. The molecule has 1 saturated heterocycles. The van der Waals surface area contributed by atoms with Crippen LogP contribution in [0.25, 0.3) is 11.1 Å². The molecule has 140 valence electrons. The predicted molar refractivity (Wildman–Crippen MR) is 105 cm³/mol. The Labute approximate surface area is 164 Å². The van der Waals surface area contributed by atoms with E-state index in [1.165, 1.54) is 17.7 Å². The van der Waals surface area contributed by atoms with Gasteiger partial charge in [0.1, 0.15) is 5.75 Å². The lowest BCUT2D eigenvalue weighted by molar-refractivity contribution is -0.138. The monoisotopic (exact) mass is 382 g/mol. The molecule has 0 saturated carbocycles. The van der Waals surface area contributed by atoms with Crippen molar-refractivity contribution in [1.82, 2.24) is 9.88 Å². The van der Waals surface area contributed by atoms with Crippen molar-refractivity contribution in [2.45, 2.75) is 51.0 Å². The number of nitrogens with zero attached hydrogens (tertiary/aromatic N) is 2. The minimum absolute atomic E-state index is 0.118. The second-order valence-electron chi connectivity index (χ2n) is 7.78. The topological polar surface area (TPSA) is 42.4 Å². The number of fused-ring (bicyclic) bond motifs is 2. The molecule has 1 aliphatic carbocycles. The number of carbonyl (C=O) groups excluding carboxylic acids is 1. The summed E-state index contributed by atoms with van der Waals surface area (Å²) in [6.45, 7) is 1.70. The molecular weight excluding hydrogens is 360 g/mol. The third kappa shape index (κ3) is 3.00. The molecule has 2 aliphatic heterocycles. The molecule has 0 radical (unpaired) electrons. The first-order valence-electron chi connectivity index (χ1n) is 9.96. The van der Waals surface area contributed by atoms with E-state index in [9.17, 15) is 4.79 Å². The number of hydrogen-bond donors (Lipinski definition) is 0. The fourth-order valence-corrected chi connectivity index (χ4v) is 4.94. The molecule has 5 rings (SSSR count). The van der Waals surface area contributed by atoms with Crippen molar-refractivity contribution in [3.05, 3.63) is 46.2 Å². The number of benzene rings is 1. The van der Waals surface area contributed by atoms with E-state index in [2.05, 4.69) is 11.1 Å². The van der Waals surface area contributed by atoms with Crippen molar-refractivity contribution in [1.29, 1.82) is 0 Å². The number of piperidine rings is 1. The molecule has 0 bridgehead atoms. The van der Waals surface area contributed by atoms with Crippen LogP contribution in [0.15, 0.2) is 24.4 Å². The molecule has 5 heteroatoms. The second-order valence-corrected chi connectivity index (χ2v) is 8.21. The van der Waals surface area contributed by atoms with E-state index in [-0.39, 0.29) is 5.91 Å². The van der Waals surface area contributed by atoms with Crippen molar-refractivity contribution in [2.24, 2.45) is 0 Å². The lowest BCUT2D eigenvalue weighted by atomic mass is 9.96. The molecule has 1 fully saturated rings. The first-order chi connectivity index (χ1) is 13.2. The lowest BCUT2D eigenvalue weighted by Crippen LogP contribution is -2.43. The highest BCUT2D eigenvalue weighted by atomic mass is 35.5. The molecule has 3 heterocycles. The van der Waals surface area contributed by atoms with Crippen LogP contribution >= 0.6 is 11.6 Å². The highest BCUT2D eigenvalue weighted by Crippen LogP contribution is 2.44. The molecule has 1 aromatic carbocycles. The normalized spacial score (nSPS) is 20.9. The van der Waals surface area contributed by atoms with Crippen LogP contribution < -0.4 is 4.74 Å². The van der Waals surface area contributed by atoms with E-state index in [0.29, 0.717) is 11.4 Å². The van der Waals surface area contributed by atoms with E-state index < -0.39 is 6.10 Å². The summed E-state index contributed by atoms with van der Waals surface area (Å²) < 4.78 is 6.25. The van der Waals surface area contributed by atoms with Gasteiger partial charge in [-0.1, -0.05) is 11.6 Å². The molecule has 0 spiro atoms. The van der Waals surface area contributed by atoms with Gasteiger partial charge in [-0.05, 0) is 67.9 Å². The van der Waals surface area contributed by atoms with Gasteiger partial charge in [-0.15, -0.1) is 0 Å². The first kappa shape index (κ1) is 17.1. The van der Waals surface area contributed by atoms with Gasteiger partial charge >= 0.3 is 0 Å². The van der Waals surface area contributed by atoms with Gasteiger partial charge in [0.05, 0.1) is 0 Å². The maximum Gasteiger partial charge on any atom is 0.263 e. The average Bonchev–Trinajstić information content (AvgIpc) is 3.34. The highest BCUT2D eigenvalue weighted by molar-refractivity contribution is 6.31. The molecule has 3 aliphatic rings. The molecule has 4 nitrogen and oxygen atoms in total. The third-order valence-corrected chi connectivity index (χ3v) is 6.23. The molecule has 1 atom stereocenters. The van der Waals surface area contributed by atoms with E-state index in [4.69, 9.17) is 16.3 Å². The zero-order valence-corrected chi connectivity index (χ0v) is 16.1. The SMILES string of the molecule is O=C(C1Cc2cc(Cl)cc(-c3ccnc4c3CCC4)c2O1)N1CCCCC1. The number of halogens is 1. The van der Waals surface area contributed by atoms with Gasteiger partial charge in [0.2, 0.25) is 0 Å². The lowest BCUT2D eigenvalue weighted by Gasteiger charge is -2.28. The van der Waals surface area contributed by atoms with Gasteiger partial charge in [-0.2, -0.15) is 0 Å². The number of aromatic nitrogens is 1. The Hall–Kier alpha value is -2.07. The van der Waals surface area contributed by atoms with E-state index >= 15 is 0 Å². The van der Waals surface area contributed by atoms with Crippen LogP contribution in [-0.2, 0) is 24.1 Å². The van der Waals surface area contributed by atoms with Crippen LogP contribution in [0.2, 0.25) is 5.02 Å². The maximum atomic E-state index is 12.9. The average molecular weight is 383 g/mol. The first-order valence-corrected chi connectivity index (χ1v) is 10.3. The summed E-state index contributed by atoms with van der Waals surface area (Å²) in [5.74, 6) is 0.947. The predicted octanol–water partition coefficient (Wildman–Crippen LogP) is 4.21.